The first-order chi connectivity index (χ1) is 8.30. The number of hydrogen-bond donors (Lipinski definition) is 0. The van der Waals surface area contributed by atoms with Crippen LogP contribution in [0, 0.1) is 0 Å². The van der Waals surface area contributed by atoms with Crippen molar-refractivity contribution in [2.45, 2.75) is 75.7 Å². The van der Waals surface area contributed by atoms with Crippen LogP contribution in [0.15, 0.2) is 0 Å². The molecule has 0 amide bonds. The van der Waals surface area contributed by atoms with Crippen molar-refractivity contribution in [2.24, 2.45) is 0 Å². The molecular weight excluding hydrogens is 284 g/mol. The highest BCUT2D eigenvalue weighted by molar-refractivity contribution is 9.09. The van der Waals surface area contributed by atoms with Crippen molar-refractivity contribution in [3.05, 3.63) is 0 Å². The van der Waals surface area contributed by atoms with E-state index in [9.17, 15) is 0 Å². The van der Waals surface area contributed by atoms with Crippen LogP contribution in [-0.2, 0) is 14.2 Å². The number of ether oxygens (including phenoxy) is 3. The zero-order valence-electron chi connectivity index (χ0n) is 10.2. The zero-order valence-corrected chi connectivity index (χ0v) is 11.8. The Morgan fingerprint density at radius 1 is 0.824 bits per heavy atom. The fraction of sp³-hybridized carbons (Fsp3) is 1.00. The monoisotopic (exact) mass is 304 g/mol. The molecule has 0 atom stereocenters. The summed E-state index contributed by atoms with van der Waals surface area (Å²) in [5.74, 6) is -0.664. The minimum Gasteiger partial charge on any atom is -0.324 e. The summed E-state index contributed by atoms with van der Waals surface area (Å²) in [7, 11) is 0. The van der Waals surface area contributed by atoms with E-state index in [-0.39, 0.29) is 0 Å². The topological polar surface area (TPSA) is 27.7 Å². The minimum atomic E-state index is -0.664. The molecule has 0 aromatic rings. The van der Waals surface area contributed by atoms with Gasteiger partial charge < -0.3 is 14.2 Å². The third kappa shape index (κ3) is 2.70. The smallest absolute Gasteiger partial charge is 0.283 e. The van der Waals surface area contributed by atoms with Crippen molar-refractivity contribution in [3.8, 4) is 0 Å². The largest absolute Gasteiger partial charge is 0.324 e. The Morgan fingerprint density at radius 3 is 1.88 bits per heavy atom. The molecule has 3 heterocycles. The fourth-order valence-electron chi connectivity index (χ4n) is 3.27. The average molecular weight is 305 g/mol. The molecule has 4 heteroatoms. The van der Waals surface area contributed by atoms with Gasteiger partial charge in [0.15, 0.2) is 0 Å². The van der Waals surface area contributed by atoms with E-state index >= 15 is 0 Å². The van der Waals surface area contributed by atoms with E-state index in [0.29, 0.717) is 18.3 Å². The summed E-state index contributed by atoms with van der Waals surface area (Å²) < 4.78 is 17.9. The molecule has 4 bridgehead atoms. The van der Waals surface area contributed by atoms with Crippen LogP contribution < -0.4 is 0 Å². The van der Waals surface area contributed by atoms with Crippen molar-refractivity contribution in [3.63, 3.8) is 0 Å². The number of unbranched alkanes of at least 4 members (excludes halogenated alkanes) is 3. The molecule has 3 saturated heterocycles. The maximum Gasteiger partial charge on any atom is 0.283 e. The molecule has 0 spiro atoms. The lowest BCUT2D eigenvalue weighted by Gasteiger charge is -2.55. The van der Waals surface area contributed by atoms with E-state index in [1.807, 2.05) is 0 Å². The summed E-state index contributed by atoms with van der Waals surface area (Å²) in [6.45, 7) is 0. The molecule has 1 saturated carbocycles. The molecule has 3 aliphatic heterocycles. The van der Waals surface area contributed by atoms with Gasteiger partial charge in [-0.2, -0.15) is 0 Å². The van der Waals surface area contributed by atoms with Crippen LogP contribution in [0.25, 0.3) is 0 Å². The van der Waals surface area contributed by atoms with Gasteiger partial charge in [0.2, 0.25) is 0 Å². The highest BCUT2D eigenvalue weighted by Gasteiger charge is 2.54. The molecule has 1 aliphatic carbocycles. The van der Waals surface area contributed by atoms with Gasteiger partial charge in [0.1, 0.15) is 0 Å². The Labute approximate surface area is 111 Å². The number of hydrogen-bond acceptors (Lipinski definition) is 3. The second kappa shape index (κ2) is 5.16. The average Bonchev–Trinajstić information content (AvgIpc) is 2.26. The van der Waals surface area contributed by atoms with E-state index in [0.717, 1.165) is 37.4 Å². The van der Waals surface area contributed by atoms with Crippen molar-refractivity contribution in [1.29, 1.82) is 0 Å². The molecular formula is C13H21BrO3. The first-order valence-corrected chi connectivity index (χ1v) is 8.01. The van der Waals surface area contributed by atoms with Crippen LogP contribution in [0.5, 0.6) is 0 Å². The Morgan fingerprint density at radius 2 is 1.35 bits per heavy atom. The van der Waals surface area contributed by atoms with Gasteiger partial charge in [0.05, 0.1) is 18.3 Å². The van der Waals surface area contributed by atoms with Gasteiger partial charge in [-0.3, -0.25) is 0 Å². The van der Waals surface area contributed by atoms with Gasteiger partial charge in [0, 0.05) is 31.0 Å². The number of halogens is 1. The first kappa shape index (κ1) is 12.4. The zero-order chi connectivity index (χ0) is 11.7. The molecule has 0 aromatic heterocycles. The number of rotatable bonds is 6. The molecule has 3 nitrogen and oxygen atoms in total. The third-order valence-electron chi connectivity index (χ3n) is 3.98. The SMILES string of the molecule is BrCCCCCCC12OC3CC(CC(C3)O1)O2. The second-order valence-electron chi connectivity index (χ2n) is 5.46. The summed E-state index contributed by atoms with van der Waals surface area (Å²) in [6.07, 6.45) is 10.2. The lowest BCUT2D eigenvalue weighted by molar-refractivity contribution is -0.495. The lowest BCUT2D eigenvalue weighted by atomic mass is 9.88. The third-order valence-corrected chi connectivity index (χ3v) is 4.54. The van der Waals surface area contributed by atoms with E-state index in [4.69, 9.17) is 14.2 Å². The Bertz CT molecular complexity index is 234. The molecule has 4 fully saturated rings. The maximum atomic E-state index is 5.96. The quantitative estimate of drug-likeness (QED) is 0.556. The van der Waals surface area contributed by atoms with Crippen LogP contribution in [0.2, 0.25) is 0 Å². The fourth-order valence-corrected chi connectivity index (χ4v) is 3.66. The van der Waals surface area contributed by atoms with Crippen molar-refractivity contribution < 1.29 is 14.2 Å². The van der Waals surface area contributed by atoms with Crippen LogP contribution in [-0.4, -0.2) is 29.6 Å². The highest BCUT2D eigenvalue weighted by atomic mass is 79.9. The molecule has 98 valence electrons. The van der Waals surface area contributed by atoms with Gasteiger partial charge >= 0.3 is 0 Å². The second-order valence-corrected chi connectivity index (χ2v) is 6.26. The van der Waals surface area contributed by atoms with Crippen LogP contribution >= 0.6 is 15.9 Å². The van der Waals surface area contributed by atoms with Crippen LogP contribution in [0.1, 0.15) is 51.4 Å². The van der Waals surface area contributed by atoms with E-state index < -0.39 is 5.97 Å². The Kier molecular flexibility index (Phi) is 3.76. The van der Waals surface area contributed by atoms with E-state index in [2.05, 4.69) is 15.9 Å². The van der Waals surface area contributed by atoms with Crippen LogP contribution in [0.4, 0.5) is 0 Å². The maximum absolute atomic E-state index is 5.96. The van der Waals surface area contributed by atoms with E-state index in [1.165, 1.54) is 19.3 Å². The predicted molar refractivity (Wildman–Crippen MR) is 68.1 cm³/mol. The van der Waals surface area contributed by atoms with E-state index in [1.54, 1.807) is 0 Å². The Hall–Kier alpha value is 0.360. The van der Waals surface area contributed by atoms with Crippen molar-refractivity contribution in [2.75, 3.05) is 5.33 Å². The van der Waals surface area contributed by atoms with Gasteiger partial charge in [-0.05, 0) is 12.8 Å². The normalized spacial score (nSPS) is 43.2. The number of alkyl halides is 1. The van der Waals surface area contributed by atoms with Crippen molar-refractivity contribution >= 4 is 15.9 Å². The van der Waals surface area contributed by atoms with Gasteiger partial charge in [-0.15, -0.1) is 0 Å². The van der Waals surface area contributed by atoms with Gasteiger partial charge in [-0.25, -0.2) is 0 Å². The molecule has 0 aromatic carbocycles. The van der Waals surface area contributed by atoms with Crippen molar-refractivity contribution in [1.82, 2.24) is 0 Å². The molecule has 0 radical (unpaired) electrons. The summed E-state index contributed by atoms with van der Waals surface area (Å²) in [5.41, 5.74) is 0. The summed E-state index contributed by atoms with van der Waals surface area (Å²) >= 11 is 3.46. The molecule has 0 unspecified atom stereocenters. The Balaban J connectivity index is 1.49. The van der Waals surface area contributed by atoms with Gasteiger partial charge in [0.25, 0.3) is 5.97 Å². The lowest BCUT2D eigenvalue weighted by Crippen LogP contribution is -2.62. The molecule has 17 heavy (non-hydrogen) atoms. The molecule has 0 N–H and O–H groups in total. The highest BCUT2D eigenvalue weighted by Crippen LogP contribution is 2.46. The first-order valence-electron chi connectivity index (χ1n) is 6.89. The molecule has 4 rings (SSSR count). The van der Waals surface area contributed by atoms with Crippen LogP contribution in [0.3, 0.4) is 0 Å². The van der Waals surface area contributed by atoms with Gasteiger partial charge in [-0.1, -0.05) is 28.8 Å². The minimum absolute atomic E-state index is 0.392. The summed E-state index contributed by atoms with van der Waals surface area (Å²) in [6, 6.07) is 0. The summed E-state index contributed by atoms with van der Waals surface area (Å²) in [5, 5.41) is 1.11. The standard InChI is InChI=1S/C13H21BrO3/c14-6-4-2-1-3-5-13-15-10-7-11(16-13)9-12(8-10)17-13/h10-12H,1-9H2. The summed E-state index contributed by atoms with van der Waals surface area (Å²) in [4.78, 5) is 0. The molecule has 4 aliphatic rings. The predicted octanol–water partition coefficient (Wildman–Crippen LogP) is 3.35.